The molecule has 2 aromatic rings. The summed E-state index contributed by atoms with van der Waals surface area (Å²) in [4.78, 5) is 16.6. The summed E-state index contributed by atoms with van der Waals surface area (Å²) >= 11 is 0. The third-order valence-electron chi connectivity index (χ3n) is 4.24. The molecule has 1 unspecified atom stereocenters. The third kappa shape index (κ3) is 8.81. The van der Waals surface area contributed by atoms with Crippen LogP contribution in [0.5, 0.6) is 11.5 Å². The minimum absolute atomic E-state index is 0. The van der Waals surface area contributed by atoms with Crippen molar-refractivity contribution in [3.63, 3.8) is 0 Å². The second-order valence-corrected chi connectivity index (χ2v) is 7.76. The highest BCUT2D eigenvalue weighted by Gasteiger charge is 2.21. The van der Waals surface area contributed by atoms with Gasteiger partial charge in [0.2, 0.25) is 0 Å². The van der Waals surface area contributed by atoms with Crippen LogP contribution in [0, 0.1) is 0 Å². The van der Waals surface area contributed by atoms with Gasteiger partial charge in [-0.15, -0.1) is 24.0 Å². The zero-order valence-corrected chi connectivity index (χ0v) is 21.7. The minimum Gasteiger partial charge on any atom is -0.493 e. The first-order valence-electron chi connectivity index (χ1n) is 10.00. The zero-order chi connectivity index (χ0) is 22.9. The molecule has 8 nitrogen and oxygen atoms in total. The number of hydrogen-bond acceptors (Lipinski definition) is 5. The minimum atomic E-state index is -0.580. The number of nitrogens with one attached hydrogen (secondary N) is 3. The number of hydrogen-bond donors (Lipinski definition) is 3. The second kappa shape index (κ2) is 13.0. The maximum atomic E-state index is 12.3. The maximum Gasteiger partial charge on any atom is 0.408 e. The summed E-state index contributed by atoms with van der Waals surface area (Å²) in [5, 5.41) is 9.38. The lowest BCUT2D eigenvalue weighted by Gasteiger charge is -2.25. The standard InChI is InChI=1S/C23H32N4O4.HI/c1-23(2,3)31-22(28)27-18(16-10-8-7-9-11-16)15-25-21(24-4)26-17-12-13-19(29-5)20(14-17)30-6;/h7-14,18H,15H2,1-6H3,(H,27,28)(H2,24,25,26);1H. The molecule has 0 aliphatic heterocycles. The van der Waals surface area contributed by atoms with Gasteiger partial charge in [-0.05, 0) is 38.5 Å². The quantitative estimate of drug-likeness (QED) is 0.263. The van der Waals surface area contributed by atoms with Gasteiger partial charge in [-0.25, -0.2) is 4.79 Å². The number of alkyl carbamates (subject to hydrolysis) is 1. The number of ether oxygens (including phenoxy) is 3. The van der Waals surface area contributed by atoms with Gasteiger partial charge in [0.05, 0.1) is 20.3 Å². The van der Waals surface area contributed by atoms with Crippen molar-refractivity contribution in [2.24, 2.45) is 4.99 Å². The summed E-state index contributed by atoms with van der Waals surface area (Å²) < 4.78 is 16.0. The van der Waals surface area contributed by atoms with Crippen LogP contribution in [0.3, 0.4) is 0 Å². The molecule has 0 heterocycles. The van der Waals surface area contributed by atoms with Crippen LogP contribution in [-0.2, 0) is 4.74 Å². The van der Waals surface area contributed by atoms with Crippen molar-refractivity contribution in [3.8, 4) is 11.5 Å². The van der Waals surface area contributed by atoms with Gasteiger partial charge in [0.15, 0.2) is 17.5 Å². The van der Waals surface area contributed by atoms with Crippen LogP contribution in [-0.4, -0.2) is 45.5 Å². The molecule has 0 radical (unpaired) electrons. The molecule has 0 saturated heterocycles. The molecule has 0 spiro atoms. The summed E-state index contributed by atoms with van der Waals surface area (Å²) in [6.45, 7) is 5.89. The molecule has 32 heavy (non-hydrogen) atoms. The molecule has 2 aromatic carbocycles. The Bertz CT molecular complexity index is 885. The Kier molecular flexibility index (Phi) is 11.1. The molecule has 0 bridgehead atoms. The Balaban J connectivity index is 0.00000512. The van der Waals surface area contributed by atoms with Crippen molar-refractivity contribution < 1.29 is 19.0 Å². The van der Waals surface area contributed by atoms with Gasteiger partial charge >= 0.3 is 6.09 Å². The lowest BCUT2D eigenvalue weighted by atomic mass is 10.1. The predicted molar refractivity (Wildman–Crippen MR) is 138 cm³/mol. The van der Waals surface area contributed by atoms with Crippen LogP contribution in [0.25, 0.3) is 0 Å². The monoisotopic (exact) mass is 556 g/mol. The van der Waals surface area contributed by atoms with Crippen molar-refractivity contribution in [3.05, 3.63) is 54.1 Å². The molecular formula is C23H33IN4O4. The zero-order valence-electron chi connectivity index (χ0n) is 19.4. The van der Waals surface area contributed by atoms with Gasteiger partial charge in [0.25, 0.3) is 0 Å². The summed E-state index contributed by atoms with van der Waals surface area (Å²) in [5.41, 5.74) is 1.15. The van der Waals surface area contributed by atoms with E-state index in [0.29, 0.717) is 24.0 Å². The van der Waals surface area contributed by atoms with E-state index in [9.17, 15) is 4.79 Å². The topological polar surface area (TPSA) is 93.2 Å². The fraction of sp³-hybridized carbons (Fsp3) is 0.391. The van der Waals surface area contributed by atoms with E-state index < -0.39 is 11.7 Å². The van der Waals surface area contributed by atoms with Crippen molar-refractivity contribution in [2.75, 3.05) is 33.1 Å². The number of guanidine groups is 1. The average molecular weight is 556 g/mol. The number of aliphatic imine (C=N–C) groups is 1. The lowest BCUT2D eigenvalue weighted by molar-refractivity contribution is 0.0504. The van der Waals surface area contributed by atoms with Crippen LogP contribution in [0.4, 0.5) is 10.5 Å². The molecular weight excluding hydrogens is 523 g/mol. The fourth-order valence-corrected chi connectivity index (χ4v) is 2.82. The van der Waals surface area contributed by atoms with Crippen molar-refractivity contribution >= 4 is 41.7 Å². The van der Waals surface area contributed by atoms with Gasteiger partial charge < -0.3 is 30.2 Å². The Morgan fingerprint density at radius 1 is 1.03 bits per heavy atom. The van der Waals surface area contributed by atoms with Crippen LogP contribution >= 0.6 is 24.0 Å². The number of anilines is 1. The molecule has 9 heteroatoms. The average Bonchev–Trinajstić information content (AvgIpc) is 2.74. The number of amides is 1. The molecule has 1 atom stereocenters. The van der Waals surface area contributed by atoms with E-state index in [0.717, 1.165) is 11.3 Å². The van der Waals surface area contributed by atoms with Gasteiger partial charge in [0.1, 0.15) is 5.60 Å². The number of rotatable bonds is 7. The second-order valence-electron chi connectivity index (χ2n) is 7.76. The van der Waals surface area contributed by atoms with Gasteiger partial charge in [-0.3, -0.25) is 4.99 Å². The van der Waals surface area contributed by atoms with Gasteiger partial charge in [-0.2, -0.15) is 0 Å². The van der Waals surface area contributed by atoms with Crippen molar-refractivity contribution in [2.45, 2.75) is 32.4 Å². The van der Waals surface area contributed by atoms with Crippen LogP contribution in [0.1, 0.15) is 32.4 Å². The third-order valence-corrected chi connectivity index (χ3v) is 4.24. The SMILES string of the molecule is CN=C(NCC(NC(=O)OC(C)(C)C)c1ccccc1)Nc1ccc(OC)c(OC)c1.I. The Labute approximate surface area is 207 Å². The molecule has 0 aromatic heterocycles. The predicted octanol–water partition coefficient (Wildman–Crippen LogP) is 4.58. The Morgan fingerprint density at radius 2 is 1.69 bits per heavy atom. The number of carbonyl (C=O) groups is 1. The molecule has 0 aliphatic rings. The molecule has 2 rings (SSSR count). The Morgan fingerprint density at radius 3 is 2.25 bits per heavy atom. The molecule has 3 N–H and O–H groups in total. The van der Waals surface area contributed by atoms with E-state index in [1.165, 1.54) is 0 Å². The number of benzene rings is 2. The lowest BCUT2D eigenvalue weighted by Crippen LogP contribution is -2.42. The van der Waals surface area contributed by atoms with E-state index in [4.69, 9.17) is 14.2 Å². The van der Waals surface area contributed by atoms with Crippen molar-refractivity contribution in [1.82, 2.24) is 10.6 Å². The fourth-order valence-electron chi connectivity index (χ4n) is 2.82. The number of carbonyl (C=O) groups excluding carboxylic acids is 1. The van der Waals surface area contributed by atoms with E-state index in [1.807, 2.05) is 69.3 Å². The smallest absolute Gasteiger partial charge is 0.408 e. The number of methoxy groups -OCH3 is 2. The molecule has 0 saturated carbocycles. The summed E-state index contributed by atoms with van der Waals surface area (Å²) in [5.74, 6) is 1.79. The highest BCUT2D eigenvalue weighted by Crippen LogP contribution is 2.29. The maximum absolute atomic E-state index is 12.3. The van der Waals surface area contributed by atoms with E-state index in [-0.39, 0.29) is 30.0 Å². The van der Waals surface area contributed by atoms with Crippen LogP contribution in [0.2, 0.25) is 0 Å². The first-order chi connectivity index (χ1) is 14.8. The summed E-state index contributed by atoms with van der Waals surface area (Å²) in [6, 6.07) is 14.9. The molecule has 176 valence electrons. The van der Waals surface area contributed by atoms with E-state index in [2.05, 4.69) is 20.9 Å². The molecule has 0 fully saturated rings. The number of halogens is 1. The van der Waals surface area contributed by atoms with E-state index >= 15 is 0 Å². The Hall–Kier alpha value is -2.69. The summed E-state index contributed by atoms with van der Waals surface area (Å²) in [6.07, 6.45) is -0.481. The van der Waals surface area contributed by atoms with Crippen LogP contribution in [0.15, 0.2) is 53.5 Å². The summed E-state index contributed by atoms with van der Waals surface area (Å²) in [7, 11) is 4.85. The highest BCUT2D eigenvalue weighted by molar-refractivity contribution is 14.0. The first kappa shape index (κ1) is 27.3. The largest absolute Gasteiger partial charge is 0.493 e. The van der Waals surface area contributed by atoms with Crippen LogP contribution < -0.4 is 25.4 Å². The van der Waals surface area contributed by atoms with Gasteiger partial charge in [0, 0.05) is 25.3 Å². The van der Waals surface area contributed by atoms with E-state index in [1.54, 1.807) is 21.3 Å². The number of nitrogens with zero attached hydrogens (tertiary/aromatic N) is 1. The van der Waals surface area contributed by atoms with Crippen molar-refractivity contribution in [1.29, 1.82) is 0 Å². The molecule has 0 aliphatic carbocycles. The first-order valence-corrected chi connectivity index (χ1v) is 10.00. The van der Waals surface area contributed by atoms with Gasteiger partial charge in [-0.1, -0.05) is 30.3 Å². The highest BCUT2D eigenvalue weighted by atomic mass is 127. The molecule has 1 amide bonds. The normalized spacial score (nSPS) is 12.1.